The standard InChI is InChI=1S/C25H33N/c1-4-5-6-7-8-9-10-11-21(2)20-22-12-14-23(15-13-22)24-16-18-25(26-3)19-17-24/h12-19,21H,4-11,20H2,1-2H3. The second-order valence-corrected chi connectivity index (χ2v) is 7.57. The Morgan fingerprint density at radius 1 is 0.769 bits per heavy atom. The first-order valence-corrected chi connectivity index (χ1v) is 10.3. The molecule has 0 aromatic heterocycles. The molecule has 0 fully saturated rings. The van der Waals surface area contributed by atoms with Crippen molar-refractivity contribution in [3.63, 3.8) is 0 Å². The van der Waals surface area contributed by atoms with Crippen molar-refractivity contribution in [1.82, 2.24) is 0 Å². The van der Waals surface area contributed by atoms with Crippen LogP contribution in [0.25, 0.3) is 16.0 Å². The van der Waals surface area contributed by atoms with Crippen molar-refractivity contribution in [1.29, 1.82) is 0 Å². The quantitative estimate of drug-likeness (QED) is 0.285. The Hall–Kier alpha value is -2.07. The minimum atomic E-state index is 0.699. The Labute approximate surface area is 160 Å². The van der Waals surface area contributed by atoms with Gasteiger partial charge < -0.3 is 0 Å². The summed E-state index contributed by atoms with van der Waals surface area (Å²) in [4.78, 5) is 3.45. The first-order valence-electron chi connectivity index (χ1n) is 10.3. The molecular formula is C25H33N. The van der Waals surface area contributed by atoms with E-state index in [4.69, 9.17) is 6.57 Å². The molecule has 0 saturated heterocycles. The van der Waals surface area contributed by atoms with Gasteiger partial charge in [-0.2, -0.15) is 0 Å². The molecule has 0 amide bonds. The number of hydrogen-bond acceptors (Lipinski definition) is 0. The van der Waals surface area contributed by atoms with Crippen molar-refractivity contribution in [3.8, 4) is 11.1 Å². The lowest BCUT2D eigenvalue weighted by molar-refractivity contribution is 0.479. The zero-order valence-corrected chi connectivity index (χ0v) is 16.5. The lowest BCUT2D eigenvalue weighted by atomic mass is 9.94. The second kappa shape index (κ2) is 11.5. The van der Waals surface area contributed by atoms with Gasteiger partial charge in [-0.1, -0.05) is 114 Å². The molecule has 2 aromatic rings. The first kappa shape index (κ1) is 20.2. The van der Waals surface area contributed by atoms with Gasteiger partial charge >= 0.3 is 0 Å². The van der Waals surface area contributed by atoms with Crippen LogP contribution >= 0.6 is 0 Å². The fourth-order valence-electron chi connectivity index (χ4n) is 3.52. The maximum Gasteiger partial charge on any atom is 0.187 e. The highest BCUT2D eigenvalue weighted by molar-refractivity contribution is 5.66. The molecule has 138 valence electrons. The molecule has 2 rings (SSSR count). The molecule has 0 heterocycles. The van der Waals surface area contributed by atoms with Crippen molar-refractivity contribution in [2.24, 2.45) is 5.92 Å². The van der Waals surface area contributed by atoms with Crippen molar-refractivity contribution >= 4 is 5.69 Å². The van der Waals surface area contributed by atoms with Crippen molar-refractivity contribution in [2.45, 2.75) is 71.6 Å². The molecule has 0 saturated carbocycles. The molecule has 0 spiro atoms. The molecule has 0 aliphatic heterocycles. The van der Waals surface area contributed by atoms with Crippen LogP contribution in [-0.4, -0.2) is 0 Å². The normalized spacial score (nSPS) is 11.9. The lowest BCUT2D eigenvalue weighted by Gasteiger charge is -2.12. The van der Waals surface area contributed by atoms with Gasteiger partial charge in [0.25, 0.3) is 0 Å². The molecule has 0 radical (unpaired) electrons. The van der Waals surface area contributed by atoms with Gasteiger partial charge in [0.1, 0.15) is 0 Å². The number of rotatable bonds is 11. The van der Waals surface area contributed by atoms with E-state index in [2.05, 4.69) is 43.0 Å². The van der Waals surface area contributed by atoms with E-state index in [1.54, 1.807) is 0 Å². The van der Waals surface area contributed by atoms with E-state index in [0.717, 1.165) is 5.92 Å². The summed E-state index contributed by atoms with van der Waals surface area (Å²) in [7, 11) is 0. The highest BCUT2D eigenvalue weighted by Gasteiger charge is 2.05. The minimum absolute atomic E-state index is 0.699. The van der Waals surface area contributed by atoms with Crippen LogP contribution in [0.4, 0.5) is 5.69 Å². The third-order valence-electron chi connectivity index (χ3n) is 5.17. The van der Waals surface area contributed by atoms with Crippen LogP contribution in [0, 0.1) is 12.5 Å². The van der Waals surface area contributed by atoms with E-state index < -0.39 is 0 Å². The van der Waals surface area contributed by atoms with E-state index in [1.807, 2.05) is 24.3 Å². The zero-order valence-electron chi connectivity index (χ0n) is 16.5. The summed E-state index contributed by atoms with van der Waals surface area (Å²) in [5.74, 6) is 0.759. The summed E-state index contributed by atoms with van der Waals surface area (Å²) in [6.45, 7) is 11.7. The monoisotopic (exact) mass is 347 g/mol. The van der Waals surface area contributed by atoms with Gasteiger partial charge in [0.15, 0.2) is 5.69 Å². The molecule has 1 nitrogen and oxygen atoms in total. The molecule has 0 N–H and O–H groups in total. The molecule has 0 bridgehead atoms. The van der Waals surface area contributed by atoms with E-state index in [0.29, 0.717) is 5.69 Å². The van der Waals surface area contributed by atoms with Crippen LogP contribution in [0.5, 0.6) is 0 Å². The maximum atomic E-state index is 7.04. The number of benzene rings is 2. The number of nitrogens with zero attached hydrogens (tertiary/aromatic N) is 1. The summed E-state index contributed by atoms with van der Waals surface area (Å²) in [6.07, 6.45) is 12.3. The van der Waals surface area contributed by atoms with Gasteiger partial charge in [-0.05, 0) is 29.0 Å². The van der Waals surface area contributed by atoms with Crippen molar-refractivity contribution in [2.75, 3.05) is 0 Å². The Morgan fingerprint density at radius 2 is 1.31 bits per heavy atom. The van der Waals surface area contributed by atoms with E-state index in [1.165, 1.54) is 74.5 Å². The number of unbranched alkanes of at least 4 members (excludes halogenated alkanes) is 6. The lowest BCUT2D eigenvalue weighted by Crippen LogP contribution is -2.00. The molecule has 2 aromatic carbocycles. The van der Waals surface area contributed by atoms with E-state index in [-0.39, 0.29) is 0 Å². The Morgan fingerprint density at radius 3 is 1.88 bits per heavy atom. The summed E-state index contributed by atoms with van der Waals surface area (Å²) in [5.41, 5.74) is 4.54. The molecule has 1 unspecified atom stereocenters. The van der Waals surface area contributed by atoms with Gasteiger partial charge in [0.2, 0.25) is 0 Å². The predicted octanol–water partition coefficient (Wildman–Crippen LogP) is 8.22. The SMILES string of the molecule is [C-]#[N+]c1ccc(-c2ccc(CC(C)CCCCCCCCC)cc2)cc1. The third kappa shape index (κ3) is 7.04. The van der Waals surface area contributed by atoms with Gasteiger partial charge in [-0.25, -0.2) is 4.85 Å². The minimum Gasteiger partial charge on any atom is -0.238 e. The summed E-state index contributed by atoms with van der Waals surface area (Å²) < 4.78 is 0. The largest absolute Gasteiger partial charge is 0.238 e. The average Bonchev–Trinajstić information content (AvgIpc) is 2.68. The zero-order chi connectivity index (χ0) is 18.6. The van der Waals surface area contributed by atoms with Gasteiger partial charge in [0.05, 0.1) is 6.57 Å². The Kier molecular flexibility index (Phi) is 8.98. The third-order valence-corrected chi connectivity index (χ3v) is 5.17. The van der Waals surface area contributed by atoms with Gasteiger partial charge in [0, 0.05) is 0 Å². The molecular weight excluding hydrogens is 314 g/mol. The van der Waals surface area contributed by atoms with Crippen LogP contribution < -0.4 is 0 Å². The summed E-state index contributed by atoms with van der Waals surface area (Å²) in [6, 6.07) is 16.8. The van der Waals surface area contributed by atoms with Crippen LogP contribution in [0.3, 0.4) is 0 Å². The van der Waals surface area contributed by atoms with Crippen LogP contribution in [0.2, 0.25) is 0 Å². The smallest absolute Gasteiger partial charge is 0.187 e. The van der Waals surface area contributed by atoms with E-state index >= 15 is 0 Å². The van der Waals surface area contributed by atoms with Crippen LogP contribution in [0.15, 0.2) is 48.5 Å². The Balaban J connectivity index is 1.73. The summed E-state index contributed by atoms with van der Waals surface area (Å²) in [5, 5.41) is 0. The highest BCUT2D eigenvalue weighted by atomic mass is 14.6. The first-order chi connectivity index (χ1) is 12.7. The molecule has 0 aliphatic rings. The molecule has 26 heavy (non-hydrogen) atoms. The molecule has 1 atom stereocenters. The molecule has 1 heteroatoms. The van der Waals surface area contributed by atoms with Gasteiger partial charge in [-0.3, -0.25) is 0 Å². The fourth-order valence-corrected chi connectivity index (χ4v) is 3.52. The topological polar surface area (TPSA) is 4.36 Å². The fraction of sp³-hybridized carbons (Fsp3) is 0.480. The highest BCUT2D eigenvalue weighted by Crippen LogP contribution is 2.24. The maximum absolute atomic E-state index is 7.04. The Bertz CT molecular complexity index is 661. The molecule has 0 aliphatic carbocycles. The van der Waals surface area contributed by atoms with Crippen molar-refractivity contribution in [3.05, 3.63) is 65.5 Å². The predicted molar refractivity (Wildman–Crippen MR) is 114 cm³/mol. The number of hydrogen-bond donors (Lipinski definition) is 0. The van der Waals surface area contributed by atoms with Gasteiger partial charge in [-0.15, -0.1) is 0 Å². The summed E-state index contributed by atoms with van der Waals surface area (Å²) >= 11 is 0. The average molecular weight is 348 g/mol. The van der Waals surface area contributed by atoms with Crippen LogP contribution in [-0.2, 0) is 6.42 Å². The van der Waals surface area contributed by atoms with Crippen molar-refractivity contribution < 1.29 is 0 Å². The van der Waals surface area contributed by atoms with Crippen LogP contribution in [0.1, 0.15) is 70.8 Å². The second-order valence-electron chi connectivity index (χ2n) is 7.57. The van der Waals surface area contributed by atoms with E-state index in [9.17, 15) is 0 Å².